The van der Waals surface area contributed by atoms with Crippen LogP contribution in [0.4, 0.5) is 0 Å². The van der Waals surface area contributed by atoms with Gasteiger partial charge in [-0.05, 0) is 53.1 Å². The maximum Gasteiger partial charge on any atom is 0.251 e. The standard InChI is InChI=1S/C28H28N4O/c1-31-10-12-32(13-11-31)18-19-2-4-20(5-3-19)22-15-26-24(8-9-27(26)29-16-22)21-6-7-25-23(14-21)17-30-28(25)33/h2-8,14-16H,9-13,17-18H2,1H3,(H,30,33). The molecule has 1 aliphatic carbocycles. The normalized spacial score (nSPS) is 18.1. The molecule has 1 N–H and O–H groups in total. The van der Waals surface area contributed by atoms with Crippen LogP contribution in [0.5, 0.6) is 0 Å². The Morgan fingerprint density at radius 3 is 2.52 bits per heavy atom. The number of amides is 1. The topological polar surface area (TPSA) is 48.5 Å². The highest BCUT2D eigenvalue weighted by atomic mass is 16.1. The van der Waals surface area contributed by atoms with Crippen molar-refractivity contribution in [1.29, 1.82) is 0 Å². The third-order valence-corrected chi connectivity index (χ3v) is 7.15. The lowest BCUT2D eigenvalue weighted by molar-refractivity contribution is 0.0965. The van der Waals surface area contributed by atoms with Crippen molar-refractivity contribution in [3.63, 3.8) is 0 Å². The lowest BCUT2D eigenvalue weighted by atomic mass is 9.95. The van der Waals surface area contributed by atoms with Crippen molar-refractivity contribution >= 4 is 11.5 Å². The van der Waals surface area contributed by atoms with Crippen molar-refractivity contribution in [1.82, 2.24) is 20.1 Å². The van der Waals surface area contributed by atoms with Gasteiger partial charge in [0.2, 0.25) is 0 Å². The number of carbonyl (C=O) groups is 1. The summed E-state index contributed by atoms with van der Waals surface area (Å²) in [6, 6.07) is 17.4. The number of nitrogens with zero attached hydrogens (tertiary/aromatic N) is 3. The number of piperazine rings is 1. The van der Waals surface area contributed by atoms with Crippen molar-refractivity contribution in [2.24, 2.45) is 0 Å². The number of hydrogen-bond acceptors (Lipinski definition) is 4. The minimum atomic E-state index is 0.0253. The van der Waals surface area contributed by atoms with Crippen LogP contribution in [0.25, 0.3) is 16.7 Å². The van der Waals surface area contributed by atoms with Crippen molar-refractivity contribution in [2.75, 3.05) is 33.2 Å². The van der Waals surface area contributed by atoms with Crippen LogP contribution in [-0.4, -0.2) is 53.9 Å². The molecule has 0 bridgehead atoms. The molecule has 2 aliphatic heterocycles. The van der Waals surface area contributed by atoms with Gasteiger partial charge in [0.15, 0.2) is 0 Å². The zero-order valence-corrected chi connectivity index (χ0v) is 19.0. The quantitative estimate of drug-likeness (QED) is 0.677. The molecule has 0 unspecified atom stereocenters. The van der Waals surface area contributed by atoms with Gasteiger partial charge in [-0.2, -0.15) is 0 Å². The maximum atomic E-state index is 11.9. The average Bonchev–Trinajstić information content (AvgIpc) is 3.44. The Hall–Kier alpha value is -3.28. The zero-order valence-electron chi connectivity index (χ0n) is 19.0. The summed E-state index contributed by atoms with van der Waals surface area (Å²) in [5.74, 6) is 0.0253. The molecule has 3 aromatic rings. The minimum absolute atomic E-state index is 0.0253. The number of benzene rings is 2. The van der Waals surface area contributed by atoms with Crippen LogP contribution < -0.4 is 5.32 Å². The van der Waals surface area contributed by atoms with Crippen LogP contribution in [-0.2, 0) is 19.5 Å². The van der Waals surface area contributed by atoms with Crippen molar-refractivity contribution in [2.45, 2.75) is 19.5 Å². The molecular formula is C28H28N4O. The molecule has 1 amide bonds. The molecule has 0 atom stereocenters. The summed E-state index contributed by atoms with van der Waals surface area (Å²) in [5.41, 5.74) is 10.3. The van der Waals surface area contributed by atoms with Crippen LogP contribution >= 0.6 is 0 Å². The molecule has 1 saturated heterocycles. The Balaban J connectivity index is 1.23. The Bertz CT molecular complexity index is 1250. The molecule has 1 fully saturated rings. The first-order valence-corrected chi connectivity index (χ1v) is 11.8. The van der Waals surface area contributed by atoms with E-state index in [0.29, 0.717) is 6.54 Å². The summed E-state index contributed by atoms with van der Waals surface area (Å²) in [4.78, 5) is 21.6. The predicted molar refractivity (Wildman–Crippen MR) is 131 cm³/mol. The van der Waals surface area contributed by atoms with E-state index in [1.54, 1.807) is 0 Å². The number of nitrogens with one attached hydrogen (secondary N) is 1. The van der Waals surface area contributed by atoms with Gasteiger partial charge in [0.1, 0.15) is 0 Å². The Morgan fingerprint density at radius 1 is 0.909 bits per heavy atom. The zero-order chi connectivity index (χ0) is 22.4. The van der Waals surface area contributed by atoms with Crippen molar-refractivity contribution in [3.8, 4) is 11.1 Å². The summed E-state index contributed by atoms with van der Waals surface area (Å²) in [6.07, 6.45) is 5.10. The van der Waals surface area contributed by atoms with Gasteiger partial charge >= 0.3 is 0 Å². The van der Waals surface area contributed by atoms with Crippen LogP contribution in [0, 0.1) is 0 Å². The highest BCUT2D eigenvalue weighted by Crippen LogP contribution is 2.35. The number of allylic oxidation sites excluding steroid dienone is 1. The number of aromatic nitrogens is 1. The Morgan fingerprint density at radius 2 is 1.70 bits per heavy atom. The van der Waals surface area contributed by atoms with Gasteiger partial charge in [-0.3, -0.25) is 14.7 Å². The number of rotatable bonds is 4. The molecule has 1 aromatic heterocycles. The lowest BCUT2D eigenvalue weighted by Gasteiger charge is -2.32. The first-order chi connectivity index (χ1) is 16.1. The van der Waals surface area contributed by atoms with E-state index in [9.17, 15) is 4.79 Å². The van der Waals surface area contributed by atoms with Gasteiger partial charge < -0.3 is 10.2 Å². The lowest BCUT2D eigenvalue weighted by Crippen LogP contribution is -2.43. The van der Waals surface area contributed by atoms with E-state index in [1.165, 1.54) is 22.3 Å². The molecule has 166 valence electrons. The number of fused-ring (bicyclic) bond motifs is 2. The molecule has 2 aromatic carbocycles. The first kappa shape index (κ1) is 20.3. The minimum Gasteiger partial charge on any atom is -0.348 e. The maximum absolute atomic E-state index is 11.9. The van der Waals surface area contributed by atoms with E-state index in [1.807, 2.05) is 12.3 Å². The summed E-state index contributed by atoms with van der Waals surface area (Å²) in [6.45, 7) is 6.18. The van der Waals surface area contributed by atoms with Gasteiger partial charge in [-0.15, -0.1) is 0 Å². The van der Waals surface area contributed by atoms with Gasteiger partial charge in [0.05, 0.1) is 5.69 Å². The second-order valence-electron chi connectivity index (χ2n) is 9.37. The summed E-state index contributed by atoms with van der Waals surface area (Å²) in [5, 5.41) is 2.91. The van der Waals surface area contributed by atoms with Crippen molar-refractivity contribution < 1.29 is 4.79 Å². The van der Waals surface area contributed by atoms with Gasteiger partial charge in [0, 0.05) is 68.6 Å². The molecule has 3 aliphatic rings. The average molecular weight is 437 g/mol. The summed E-state index contributed by atoms with van der Waals surface area (Å²) < 4.78 is 0. The third kappa shape index (κ3) is 3.88. The fourth-order valence-electron chi connectivity index (χ4n) is 5.10. The molecule has 0 radical (unpaired) electrons. The number of carbonyl (C=O) groups excluding carboxylic acids is 1. The highest BCUT2D eigenvalue weighted by molar-refractivity contribution is 5.99. The fourth-order valence-corrected chi connectivity index (χ4v) is 5.10. The first-order valence-electron chi connectivity index (χ1n) is 11.8. The molecule has 3 heterocycles. The molecule has 6 rings (SSSR count). The highest BCUT2D eigenvalue weighted by Gasteiger charge is 2.22. The van der Waals surface area contributed by atoms with Crippen LogP contribution in [0.1, 0.15) is 38.3 Å². The van der Waals surface area contributed by atoms with Gasteiger partial charge in [-0.25, -0.2) is 0 Å². The Kier molecular flexibility index (Phi) is 5.08. The van der Waals surface area contributed by atoms with E-state index in [4.69, 9.17) is 4.98 Å². The van der Waals surface area contributed by atoms with Crippen LogP contribution in [0.2, 0.25) is 0 Å². The van der Waals surface area contributed by atoms with Gasteiger partial charge in [0.25, 0.3) is 5.91 Å². The van der Waals surface area contributed by atoms with E-state index in [0.717, 1.165) is 67.1 Å². The molecule has 5 heteroatoms. The fraction of sp³-hybridized carbons (Fsp3) is 0.286. The molecule has 33 heavy (non-hydrogen) atoms. The third-order valence-electron chi connectivity index (χ3n) is 7.15. The number of likely N-dealkylation sites (N-methyl/N-ethyl adjacent to an activating group) is 1. The SMILES string of the molecule is CN1CCN(Cc2ccc(-c3cnc4c(c3)C(c3ccc5c(c3)CNC5=O)=CC4)cc2)CC1. The van der Waals surface area contributed by atoms with Gasteiger partial charge in [-0.1, -0.05) is 36.4 Å². The predicted octanol–water partition coefficient (Wildman–Crippen LogP) is 3.73. The Labute approximate surface area is 194 Å². The number of hydrogen-bond donors (Lipinski definition) is 1. The number of pyridine rings is 1. The van der Waals surface area contributed by atoms with Crippen LogP contribution in [0.15, 0.2) is 60.8 Å². The van der Waals surface area contributed by atoms with E-state index < -0.39 is 0 Å². The molecule has 0 saturated carbocycles. The van der Waals surface area contributed by atoms with E-state index in [-0.39, 0.29) is 5.91 Å². The van der Waals surface area contributed by atoms with E-state index >= 15 is 0 Å². The molecular weight excluding hydrogens is 408 g/mol. The summed E-state index contributed by atoms with van der Waals surface area (Å²) in [7, 11) is 2.19. The second kappa shape index (κ2) is 8.25. The smallest absolute Gasteiger partial charge is 0.251 e. The monoisotopic (exact) mass is 436 g/mol. The van der Waals surface area contributed by atoms with Crippen LogP contribution in [0.3, 0.4) is 0 Å². The molecule has 5 nitrogen and oxygen atoms in total. The second-order valence-corrected chi connectivity index (χ2v) is 9.37. The molecule has 0 spiro atoms. The van der Waals surface area contributed by atoms with E-state index in [2.05, 4.69) is 70.7 Å². The largest absolute Gasteiger partial charge is 0.348 e. The summed E-state index contributed by atoms with van der Waals surface area (Å²) >= 11 is 0. The van der Waals surface area contributed by atoms with Crippen molar-refractivity contribution in [3.05, 3.63) is 94.3 Å².